The van der Waals surface area contributed by atoms with Crippen LogP contribution in [0.3, 0.4) is 0 Å². The molecule has 1 aliphatic rings. The van der Waals surface area contributed by atoms with Crippen LogP contribution in [0.15, 0.2) is 24.3 Å². The zero-order valence-corrected chi connectivity index (χ0v) is 12.4. The zero-order chi connectivity index (χ0) is 14.8. The minimum absolute atomic E-state index is 0.0738. The summed E-state index contributed by atoms with van der Waals surface area (Å²) in [4.78, 5) is 16.2. The second kappa shape index (κ2) is 5.81. The van der Waals surface area contributed by atoms with Crippen LogP contribution in [0.1, 0.15) is 13.8 Å². The van der Waals surface area contributed by atoms with Crippen LogP contribution >= 0.6 is 0 Å². The molecule has 2 N–H and O–H groups in total. The maximum atomic E-state index is 12.4. The number of nitrogen functional groups attached to an aromatic ring is 1. The van der Waals surface area contributed by atoms with E-state index < -0.39 is 0 Å². The molecule has 0 bridgehead atoms. The van der Waals surface area contributed by atoms with Crippen LogP contribution in [0.4, 0.5) is 11.4 Å². The van der Waals surface area contributed by atoms with Crippen LogP contribution in [-0.2, 0) is 9.53 Å². The molecule has 1 fully saturated rings. The van der Waals surface area contributed by atoms with E-state index in [1.807, 2.05) is 12.1 Å². The number of hydrogen-bond acceptors (Lipinski definition) is 4. The first-order chi connectivity index (χ1) is 9.40. The summed E-state index contributed by atoms with van der Waals surface area (Å²) < 4.78 is 5.47. The SMILES string of the molecule is CN(C(=O)CN1CCOCC1(C)C)c1ccc(N)cc1. The molecule has 20 heavy (non-hydrogen) atoms. The molecule has 0 atom stereocenters. The van der Waals surface area contributed by atoms with Crippen molar-refractivity contribution in [2.45, 2.75) is 19.4 Å². The summed E-state index contributed by atoms with van der Waals surface area (Å²) >= 11 is 0. The van der Waals surface area contributed by atoms with Gasteiger partial charge in [-0.1, -0.05) is 0 Å². The molecule has 1 saturated heterocycles. The summed E-state index contributed by atoms with van der Waals surface area (Å²) in [6.45, 7) is 6.73. The molecular formula is C15H23N3O2. The Morgan fingerprint density at radius 1 is 1.40 bits per heavy atom. The topological polar surface area (TPSA) is 58.8 Å². The van der Waals surface area contributed by atoms with Crippen molar-refractivity contribution in [1.29, 1.82) is 0 Å². The number of likely N-dealkylation sites (N-methyl/N-ethyl adjacent to an activating group) is 1. The van der Waals surface area contributed by atoms with Crippen molar-refractivity contribution >= 4 is 17.3 Å². The average molecular weight is 277 g/mol. The molecular weight excluding hydrogens is 254 g/mol. The van der Waals surface area contributed by atoms with Gasteiger partial charge >= 0.3 is 0 Å². The highest BCUT2D eigenvalue weighted by Crippen LogP contribution is 2.20. The average Bonchev–Trinajstić information content (AvgIpc) is 2.41. The van der Waals surface area contributed by atoms with Crippen LogP contribution in [0.5, 0.6) is 0 Å². The molecule has 110 valence electrons. The van der Waals surface area contributed by atoms with E-state index in [9.17, 15) is 4.79 Å². The molecule has 1 aromatic rings. The Morgan fingerprint density at radius 2 is 2.05 bits per heavy atom. The summed E-state index contributed by atoms with van der Waals surface area (Å²) in [7, 11) is 1.79. The molecule has 5 nitrogen and oxygen atoms in total. The van der Waals surface area contributed by atoms with Crippen molar-refractivity contribution in [3.63, 3.8) is 0 Å². The molecule has 0 spiro atoms. The minimum Gasteiger partial charge on any atom is -0.399 e. The molecule has 0 aliphatic carbocycles. The Hall–Kier alpha value is -1.59. The van der Waals surface area contributed by atoms with Gasteiger partial charge in [0, 0.05) is 30.5 Å². The largest absolute Gasteiger partial charge is 0.399 e. The first kappa shape index (κ1) is 14.8. The Bertz CT molecular complexity index is 471. The van der Waals surface area contributed by atoms with Crippen LogP contribution in [0, 0.1) is 0 Å². The first-order valence-corrected chi connectivity index (χ1v) is 6.85. The van der Waals surface area contributed by atoms with Crippen molar-refractivity contribution in [1.82, 2.24) is 4.90 Å². The summed E-state index contributed by atoms with van der Waals surface area (Å²) in [6.07, 6.45) is 0. The van der Waals surface area contributed by atoms with Crippen molar-refractivity contribution in [2.24, 2.45) is 0 Å². The molecule has 2 rings (SSSR count). The van der Waals surface area contributed by atoms with Gasteiger partial charge < -0.3 is 15.4 Å². The fourth-order valence-electron chi connectivity index (χ4n) is 2.29. The standard InChI is InChI=1S/C15H23N3O2/c1-15(2)11-20-9-8-18(15)10-14(19)17(3)13-6-4-12(16)5-7-13/h4-7H,8-11,16H2,1-3H3. The van der Waals surface area contributed by atoms with Gasteiger partial charge in [-0.15, -0.1) is 0 Å². The van der Waals surface area contributed by atoms with Gasteiger partial charge in [0.2, 0.25) is 5.91 Å². The summed E-state index contributed by atoms with van der Waals surface area (Å²) in [5.74, 6) is 0.0738. The molecule has 0 saturated carbocycles. The third-order valence-corrected chi connectivity index (χ3v) is 3.80. The third kappa shape index (κ3) is 3.29. The monoisotopic (exact) mass is 277 g/mol. The molecule has 1 aliphatic heterocycles. The molecule has 5 heteroatoms. The van der Waals surface area contributed by atoms with Crippen LogP contribution < -0.4 is 10.6 Å². The second-order valence-corrected chi connectivity index (χ2v) is 5.83. The molecule has 1 heterocycles. The van der Waals surface area contributed by atoms with Gasteiger partial charge in [0.25, 0.3) is 0 Å². The molecule has 0 aromatic heterocycles. The van der Waals surface area contributed by atoms with E-state index in [1.165, 1.54) is 0 Å². The molecule has 1 amide bonds. The number of anilines is 2. The highest BCUT2D eigenvalue weighted by molar-refractivity contribution is 5.94. The second-order valence-electron chi connectivity index (χ2n) is 5.83. The Balaban J connectivity index is 2.02. The van der Waals surface area contributed by atoms with Crippen molar-refractivity contribution in [2.75, 3.05) is 44.0 Å². The van der Waals surface area contributed by atoms with E-state index in [4.69, 9.17) is 10.5 Å². The maximum Gasteiger partial charge on any atom is 0.240 e. The van der Waals surface area contributed by atoms with E-state index in [1.54, 1.807) is 24.1 Å². The Kier molecular flexibility index (Phi) is 4.30. The quantitative estimate of drug-likeness (QED) is 0.847. The molecule has 0 unspecified atom stereocenters. The Labute approximate surface area is 120 Å². The van der Waals surface area contributed by atoms with Gasteiger partial charge in [0.05, 0.1) is 19.8 Å². The first-order valence-electron chi connectivity index (χ1n) is 6.85. The fraction of sp³-hybridized carbons (Fsp3) is 0.533. The lowest BCUT2D eigenvalue weighted by atomic mass is 10.0. The van der Waals surface area contributed by atoms with Gasteiger partial charge in [-0.3, -0.25) is 9.69 Å². The highest BCUT2D eigenvalue weighted by atomic mass is 16.5. The van der Waals surface area contributed by atoms with E-state index in [0.717, 1.165) is 12.2 Å². The number of nitrogens with two attached hydrogens (primary N) is 1. The number of hydrogen-bond donors (Lipinski definition) is 1. The number of nitrogens with zero attached hydrogens (tertiary/aromatic N) is 2. The van der Waals surface area contributed by atoms with E-state index in [2.05, 4.69) is 18.7 Å². The van der Waals surface area contributed by atoms with Crippen LogP contribution in [0.2, 0.25) is 0 Å². The number of ether oxygens (including phenoxy) is 1. The number of morpholine rings is 1. The van der Waals surface area contributed by atoms with Crippen molar-refractivity contribution in [3.05, 3.63) is 24.3 Å². The lowest BCUT2D eigenvalue weighted by molar-refractivity contribution is -0.124. The summed E-state index contributed by atoms with van der Waals surface area (Å²) in [5, 5.41) is 0. The van der Waals surface area contributed by atoms with Gasteiger partial charge in [-0.05, 0) is 38.1 Å². The van der Waals surface area contributed by atoms with Crippen LogP contribution in [-0.4, -0.2) is 49.7 Å². The minimum atomic E-state index is -0.101. The van der Waals surface area contributed by atoms with E-state index in [-0.39, 0.29) is 11.4 Å². The highest BCUT2D eigenvalue weighted by Gasteiger charge is 2.32. The van der Waals surface area contributed by atoms with Crippen molar-refractivity contribution in [3.8, 4) is 0 Å². The normalized spacial score (nSPS) is 18.8. The lowest BCUT2D eigenvalue weighted by Crippen LogP contribution is -2.55. The van der Waals surface area contributed by atoms with Crippen molar-refractivity contribution < 1.29 is 9.53 Å². The number of rotatable bonds is 3. The number of carbonyl (C=O) groups excluding carboxylic acids is 1. The van der Waals surface area contributed by atoms with E-state index >= 15 is 0 Å². The predicted octanol–water partition coefficient (Wildman–Crippen LogP) is 1.34. The summed E-state index contributed by atoms with van der Waals surface area (Å²) in [6, 6.07) is 7.32. The Morgan fingerprint density at radius 3 is 2.65 bits per heavy atom. The predicted molar refractivity (Wildman–Crippen MR) is 80.7 cm³/mol. The van der Waals surface area contributed by atoms with Gasteiger partial charge in [-0.25, -0.2) is 0 Å². The van der Waals surface area contributed by atoms with E-state index in [0.29, 0.717) is 25.4 Å². The third-order valence-electron chi connectivity index (χ3n) is 3.80. The van der Waals surface area contributed by atoms with Gasteiger partial charge in [-0.2, -0.15) is 0 Å². The smallest absolute Gasteiger partial charge is 0.240 e. The van der Waals surface area contributed by atoms with Crippen LogP contribution in [0.25, 0.3) is 0 Å². The number of benzene rings is 1. The molecule has 0 radical (unpaired) electrons. The van der Waals surface area contributed by atoms with Gasteiger partial charge in [0.1, 0.15) is 0 Å². The number of amides is 1. The molecule has 1 aromatic carbocycles. The lowest BCUT2D eigenvalue weighted by Gasteiger charge is -2.42. The maximum absolute atomic E-state index is 12.4. The fourth-order valence-corrected chi connectivity index (χ4v) is 2.29. The zero-order valence-electron chi connectivity index (χ0n) is 12.4. The number of carbonyl (C=O) groups is 1. The van der Waals surface area contributed by atoms with Gasteiger partial charge in [0.15, 0.2) is 0 Å². The summed E-state index contributed by atoms with van der Waals surface area (Å²) in [5.41, 5.74) is 7.12.